The summed E-state index contributed by atoms with van der Waals surface area (Å²) in [7, 11) is -9.90. The first kappa shape index (κ1) is 85.1. The molecule has 87 heavy (non-hydrogen) atoms. The Morgan fingerprint density at radius 3 is 0.816 bits per heavy atom. The van der Waals surface area contributed by atoms with Gasteiger partial charge in [-0.25, -0.2) is 9.13 Å². The van der Waals surface area contributed by atoms with Gasteiger partial charge in [0.05, 0.1) is 26.4 Å². The van der Waals surface area contributed by atoms with Gasteiger partial charge in [-0.15, -0.1) is 0 Å². The molecule has 0 aliphatic carbocycles. The van der Waals surface area contributed by atoms with Gasteiger partial charge in [-0.05, 0) is 37.5 Å². The smallest absolute Gasteiger partial charge is 0.462 e. The van der Waals surface area contributed by atoms with Gasteiger partial charge in [0.15, 0.2) is 12.2 Å². The van der Waals surface area contributed by atoms with Gasteiger partial charge in [0.1, 0.15) is 19.3 Å². The molecule has 0 spiro atoms. The molecule has 0 radical (unpaired) electrons. The molecular formula is C68H132O17P2. The summed E-state index contributed by atoms with van der Waals surface area (Å²) in [4.78, 5) is 72.4. The molecule has 0 saturated carbocycles. The quantitative estimate of drug-likeness (QED) is 0.0222. The molecule has 7 atom stereocenters. The summed E-state index contributed by atoms with van der Waals surface area (Å²) in [6.45, 7) is 9.45. The molecule has 17 nitrogen and oxygen atoms in total. The molecular weight excluding hydrogens is 1150 g/mol. The zero-order valence-electron chi connectivity index (χ0n) is 56.3. The second-order valence-electron chi connectivity index (χ2n) is 25.0. The first-order valence-corrected chi connectivity index (χ1v) is 38.6. The molecule has 0 bridgehead atoms. The van der Waals surface area contributed by atoms with Crippen LogP contribution in [0.15, 0.2) is 0 Å². The van der Waals surface area contributed by atoms with Crippen LogP contribution in [0.4, 0.5) is 0 Å². The number of phosphoric acid groups is 2. The number of esters is 4. The van der Waals surface area contributed by atoms with E-state index >= 15 is 0 Å². The van der Waals surface area contributed by atoms with Crippen molar-refractivity contribution >= 4 is 39.5 Å². The number of aliphatic hydroxyl groups is 1. The first-order chi connectivity index (χ1) is 41.9. The Bertz CT molecular complexity index is 1700. The molecule has 0 aliphatic rings. The third-order valence-corrected chi connectivity index (χ3v) is 18.3. The normalized spacial score (nSPS) is 14.8. The Hall–Kier alpha value is -1.94. The van der Waals surface area contributed by atoms with Crippen molar-refractivity contribution in [2.45, 2.75) is 362 Å². The molecule has 3 N–H and O–H groups in total. The highest BCUT2D eigenvalue weighted by Crippen LogP contribution is 2.45. The van der Waals surface area contributed by atoms with E-state index < -0.39 is 97.5 Å². The molecule has 0 saturated heterocycles. The van der Waals surface area contributed by atoms with E-state index in [2.05, 4.69) is 41.5 Å². The fourth-order valence-electron chi connectivity index (χ4n) is 10.2. The first-order valence-electron chi connectivity index (χ1n) is 35.6. The van der Waals surface area contributed by atoms with Gasteiger partial charge in [0, 0.05) is 25.7 Å². The maximum absolute atomic E-state index is 13.0. The van der Waals surface area contributed by atoms with E-state index in [9.17, 15) is 43.2 Å². The van der Waals surface area contributed by atoms with Crippen molar-refractivity contribution in [2.75, 3.05) is 39.6 Å². The number of unbranched alkanes of at least 4 members (excludes halogenated alkanes) is 35. The summed E-state index contributed by atoms with van der Waals surface area (Å²) >= 11 is 0. The Balaban J connectivity index is 5.25. The summed E-state index contributed by atoms with van der Waals surface area (Å²) in [5.74, 6) is -0.678. The fraction of sp³-hybridized carbons (Fsp3) is 0.941. The SMILES string of the molecule is CCCCCCCCCCCCCCCCC(=O)O[C@H](COC(=O)CCCCCCCCCCCCCCC)COP(=O)(O)OC[C@@H](O)COP(=O)(O)OC[C@@H](COC(=O)CCCCCCCCC(C)CC)OC(=O)CCCCCCCCC(C)CC. The second kappa shape index (κ2) is 60.3. The summed E-state index contributed by atoms with van der Waals surface area (Å²) in [6, 6.07) is 0. The highest BCUT2D eigenvalue weighted by Gasteiger charge is 2.30. The molecule has 0 aliphatic heterocycles. The van der Waals surface area contributed by atoms with Gasteiger partial charge in [-0.3, -0.25) is 37.3 Å². The fourth-order valence-corrected chi connectivity index (χ4v) is 11.8. The molecule has 19 heteroatoms. The van der Waals surface area contributed by atoms with Crippen molar-refractivity contribution in [3.8, 4) is 0 Å². The van der Waals surface area contributed by atoms with Crippen molar-refractivity contribution in [1.29, 1.82) is 0 Å². The standard InChI is InChI=1S/C68H132O17P2/c1-7-11-13-15-17-19-21-23-25-27-29-31-40-46-52-67(72)84-63(56-78-65(70)50-44-38-30-28-26-24-22-20-18-16-14-12-8-2)58-82-86(74,75)80-54-62(69)55-81-87(76,77)83-59-64(85-68(73)53-47-41-35-33-37-43-49-61(6)10-4)57-79-66(71)51-45-39-34-32-36-42-48-60(5)9-3/h60-64,69H,7-59H2,1-6H3,(H,74,75)(H,76,77)/t60?,61?,62-,63-,64-/m1/s1. The van der Waals surface area contributed by atoms with Gasteiger partial charge in [0.2, 0.25) is 0 Å². The molecule has 0 amide bonds. The number of rotatable bonds is 67. The molecule has 0 fully saturated rings. The number of phosphoric ester groups is 2. The molecule has 0 aromatic heterocycles. The number of hydrogen-bond acceptors (Lipinski definition) is 15. The Labute approximate surface area is 530 Å². The summed E-state index contributed by atoms with van der Waals surface area (Å²) in [5, 5.41) is 10.6. The van der Waals surface area contributed by atoms with E-state index in [-0.39, 0.29) is 25.7 Å². The Kier molecular flexibility index (Phi) is 59.0. The number of carbonyl (C=O) groups is 4. The molecule has 4 unspecified atom stereocenters. The lowest BCUT2D eigenvalue weighted by molar-refractivity contribution is -0.161. The number of carbonyl (C=O) groups excluding carboxylic acids is 4. The van der Waals surface area contributed by atoms with Crippen molar-refractivity contribution < 1.29 is 80.2 Å². The van der Waals surface area contributed by atoms with Gasteiger partial charge in [0.25, 0.3) is 0 Å². The van der Waals surface area contributed by atoms with Crippen LogP contribution >= 0.6 is 15.6 Å². The highest BCUT2D eigenvalue weighted by molar-refractivity contribution is 7.47. The predicted octanol–water partition coefficient (Wildman–Crippen LogP) is 19.2. The zero-order chi connectivity index (χ0) is 64.3. The number of hydrogen-bond donors (Lipinski definition) is 3. The van der Waals surface area contributed by atoms with Crippen LogP contribution in [0, 0.1) is 11.8 Å². The summed E-state index contributed by atoms with van der Waals surface area (Å²) in [5.41, 5.74) is 0. The Morgan fingerprint density at radius 2 is 0.552 bits per heavy atom. The van der Waals surface area contributed by atoms with Crippen LogP contribution in [0.1, 0.15) is 343 Å². The Morgan fingerprint density at radius 1 is 0.322 bits per heavy atom. The molecule has 0 aromatic rings. The van der Waals surface area contributed by atoms with Crippen LogP contribution < -0.4 is 0 Å². The third-order valence-electron chi connectivity index (χ3n) is 16.4. The third kappa shape index (κ3) is 60.1. The predicted molar refractivity (Wildman–Crippen MR) is 349 cm³/mol. The van der Waals surface area contributed by atoms with E-state index in [1.54, 1.807) is 0 Å². The molecule has 516 valence electrons. The van der Waals surface area contributed by atoms with E-state index in [1.807, 2.05) is 0 Å². The maximum Gasteiger partial charge on any atom is 0.472 e. The van der Waals surface area contributed by atoms with Crippen molar-refractivity contribution in [3.05, 3.63) is 0 Å². The lowest BCUT2D eigenvalue weighted by atomic mass is 10.00. The second-order valence-corrected chi connectivity index (χ2v) is 28.0. The van der Waals surface area contributed by atoms with E-state index in [0.29, 0.717) is 25.7 Å². The van der Waals surface area contributed by atoms with Gasteiger partial charge >= 0.3 is 39.5 Å². The summed E-state index contributed by atoms with van der Waals surface area (Å²) in [6.07, 6.45) is 44.4. The maximum atomic E-state index is 13.0. The van der Waals surface area contributed by atoms with Crippen LogP contribution in [-0.2, 0) is 65.4 Å². The average molecular weight is 1280 g/mol. The van der Waals surface area contributed by atoms with E-state index in [0.717, 1.165) is 108 Å². The van der Waals surface area contributed by atoms with E-state index in [1.165, 1.54) is 154 Å². The zero-order valence-corrected chi connectivity index (χ0v) is 58.1. The number of aliphatic hydroxyl groups excluding tert-OH is 1. The lowest BCUT2D eigenvalue weighted by Gasteiger charge is -2.21. The van der Waals surface area contributed by atoms with Crippen molar-refractivity contribution in [3.63, 3.8) is 0 Å². The minimum Gasteiger partial charge on any atom is -0.462 e. The molecule has 0 heterocycles. The van der Waals surface area contributed by atoms with Crippen LogP contribution in [-0.4, -0.2) is 96.7 Å². The molecule has 0 rings (SSSR count). The molecule has 0 aromatic carbocycles. The monoisotopic (exact) mass is 1280 g/mol. The van der Waals surface area contributed by atoms with Crippen LogP contribution in [0.3, 0.4) is 0 Å². The van der Waals surface area contributed by atoms with Crippen molar-refractivity contribution in [1.82, 2.24) is 0 Å². The average Bonchev–Trinajstić information content (AvgIpc) is 3.71. The minimum absolute atomic E-state index is 0.102. The van der Waals surface area contributed by atoms with E-state index in [4.69, 9.17) is 37.0 Å². The van der Waals surface area contributed by atoms with Crippen LogP contribution in [0.2, 0.25) is 0 Å². The van der Waals surface area contributed by atoms with Crippen LogP contribution in [0.25, 0.3) is 0 Å². The van der Waals surface area contributed by atoms with Crippen molar-refractivity contribution in [2.24, 2.45) is 11.8 Å². The van der Waals surface area contributed by atoms with Gasteiger partial charge < -0.3 is 33.8 Å². The van der Waals surface area contributed by atoms with Gasteiger partial charge in [-0.1, -0.05) is 292 Å². The minimum atomic E-state index is -4.95. The summed E-state index contributed by atoms with van der Waals surface area (Å²) < 4.78 is 68.2. The van der Waals surface area contributed by atoms with Gasteiger partial charge in [-0.2, -0.15) is 0 Å². The topological polar surface area (TPSA) is 237 Å². The largest absolute Gasteiger partial charge is 0.472 e. The highest BCUT2D eigenvalue weighted by atomic mass is 31.2. The lowest BCUT2D eigenvalue weighted by Crippen LogP contribution is -2.30. The van der Waals surface area contributed by atoms with Crippen LogP contribution in [0.5, 0.6) is 0 Å². The number of ether oxygens (including phenoxy) is 4.